The Bertz CT molecular complexity index is 1070. The van der Waals surface area contributed by atoms with Gasteiger partial charge in [-0.2, -0.15) is 0 Å². The largest absolute Gasteiger partial charge is 0.502 e. The van der Waals surface area contributed by atoms with Crippen LogP contribution in [0.4, 0.5) is 5.69 Å². The monoisotopic (exact) mass is 396 g/mol. The van der Waals surface area contributed by atoms with Crippen molar-refractivity contribution in [3.63, 3.8) is 0 Å². The maximum absolute atomic E-state index is 12.4. The van der Waals surface area contributed by atoms with Crippen molar-refractivity contribution in [1.29, 1.82) is 0 Å². The molecule has 0 saturated carbocycles. The number of furan rings is 1. The summed E-state index contributed by atoms with van der Waals surface area (Å²) < 4.78 is 5.23. The SMILES string of the molecule is NCc1ccc(-c2ccoc2C(=O)NNC(=O)c2ccc(O)c([N+](=O)[O-])c2)cc1. The summed E-state index contributed by atoms with van der Waals surface area (Å²) in [6.07, 6.45) is 1.34. The van der Waals surface area contributed by atoms with Gasteiger partial charge in [0, 0.05) is 23.7 Å². The summed E-state index contributed by atoms with van der Waals surface area (Å²) in [6.45, 7) is 0.389. The number of nitro benzene ring substituents is 1. The van der Waals surface area contributed by atoms with E-state index in [1.807, 2.05) is 12.1 Å². The van der Waals surface area contributed by atoms with Gasteiger partial charge >= 0.3 is 11.6 Å². The second-order valence-electron chi connectivity index (χ2n) is 5.93. The quantitative estimate of drug-likeness (QED) is 0.379. The molecule has 148 valence electrons. The zero-order valence-corrected chi connectivity index (χ0v) is 14.9. The number of nitrogens with zero attached hydrogens (tertiary/aromatic N) is 1. The third kappa shape index (κ3) is 4.22. The average molecular weight is 396 g/mol. The fourth-order valence-electron chi connectivity index (χ4n) is 2.59. The van der Waals surface area contributed by atoms with Crippen molar-refractivity contribution in [1.82, 2.24) is 10.9 Å². The maximum Gasteiger partial charge on any atom is 0.311 e. The highest BCUT2D eigenvalue weighted by atomic mass is 16.6. The van der Waals surface area contributed by atoms with Crippen molar-refractivity contribution < 1.29 is 24.0 Å². The predicted octanol–water partition coefficient (Wildman–Crippen LogP) is 2.09. The highest BCUT2D eigenvalue weighted by molar-refractivity contribution is 6.01. The number of hydrogen-bond acceptors (Lipinski definition) is 7. The zero-order chi connectivity index (χ0) is 21.0. The lowest BCUT2D eigenvalue weighted by atomic mass is 10.0. The first kappa shape index (κ1) is 19.6. The van der Waals surface area contributed by atoms with E-state index in [0.717, 1.165) is 23.3 Å². The van der Waals surface area contributed by atoms with Crippen LogP contribution in [0, 0.1) is 10.1 Å². The highest BCUT2D eigenvalue weighted by Crippen LogP contribution is 2.27. The molecule has 0 bridgehead atoms. The normalized spacial score (nSPS) is 10.4. The number of nitro groups is 1. The van der Waals surface area contributed by atoms with Crippen LogP contribution in [0.5, 0.6) is 5.75 Å². The summed E-state index contributed by atoms with van der Waals surface area (Å²) in [5, 5.41) is 20.3. The van der Waals surface area contributed by atoms with Crippen molar-refractivity contribution in [2.75, 3.05) is 0 Å². The van der Waals surface area contributed by atoms with Gasteiger partial charge in [0.25, 0.3) is 5.91 Å². The molecule has 1 aromatic heterocycles. The van der Waals surface area contributed by atoms with Gasteiger partial charge in [0.05, 0.1) is 11.2 Å². The second-order valence-corrected chi connectivity index (χ2v) is 5.93. The van der Waals surface area contributed by atoms with E-state index in [1.54, 1.807) is 18.2 Å². The molecule has 3 rings (SSSR count). The molecule has 5 N–H and O–H groups in total. The lowest BCUT2D eigenvalue weighted by Crippen LogP contribution is -2.41. The summed E-state index contributed by atoms with van der Waals surface area (Å²) in [7, 11) is 0. The Morgan fingerprint density at radius 2 is 1.76 bits per heavy atom. The van der Waals surface area contributed by atoms with E-state index in [4.69, 9.17) is 10.2 Å². The number of hydrogen-bond donors (Lipinski definition) is 4. The van der Waals surface area contributed by atoms with Crippen LogP contribution < -0.4 is 16.6 Å². The van der Waals surface area contributed by atoms with Crippen LogP contribution in [0.3, 0.4) is 0 Å². The van der Waals surface area contributed by atoms with Gasteiger partial charge in [0.1, 0.15) is 0 Å². The number of carbonyl (C=O) groups excluding carboxylic acids is 2. The van der Waals surface area contributed by atoms with E-state index >= 15 is 0 Å². The Morgan fingerprint density at radius 3 is 2.41 bits per heavy atom. The van der Waals surface area contributed by atoms with E-state index in [9.17, 15) is 24.8 Å². The molecule has 3 aromatic rings. The molecule has 0 radical (unpaired) electrons. The van der Waals surface area contributed by atoms with Crippen LogP contribution in [0.15, 0.2) is 59.2 Å². The van der Waals surface area contributed by atoms with E-state index in [0.29, 0.717) is 12.1 Å². The molecule has 10 nitrogen and oxygen atoms in total. The summed E-state index contributed by atoms with van der Waals surface area (Å²) >= 11 is 0. The number of nitrogens with one attached hydrogen (secondary N) is 2. The minimum Gasteiger partial charge on any atom is -0.502 e. The number of carbonyl (C=O) groups is 2. The van der Waals surface area contributed by atoms with Gasteiger partial charge < -0.3 is 15.3 Å². The average Bonchev–Trinajstić information content (AvgIpc) is 3.22. The van der Waals surface area contributed by atoms with Gasteiger partial charge in [0.2, 0.25) is 5.76 Å². The topological polar surface area (TPSA) is 161 Å². The molecule has 0 atom stereocenters. The molecule has 0 saturated heterocycles. The van der Waals surface area contributed by atoms with Gasteiger partial charge in [-0.15, -0.1) is 0 Å². The lowest BCUT2D eigenvalue weighted by molar-refractivity contribution is -0.385. The number of rotatable bonds is 5. The molecule has 2 amide bonds. The van der Waals surface area contributed by atoms with Crippen LogP contribution in [-0.4, -0.2) is 21.8 Å². The predicted molar refractivity (Wildman–Crippen MR) is 102 cm³/mol. The van der Waals surface area contributed by atoms with Crippen molar-refractivity contribution >= 4 is 17.5 Å². The zero-order valence-electron chi connectivity index (χ0n) is 14.9. The molecule has 0 spiro atoms. The Morgan fingerprint density at radius 1 is 1.07 bits per heavy atom. The third-order valence-corrected chi connectivity index (χ3v) is 4.10. The lowest BCUT2D eigenvalue weighted by Gasteiger charge is -2.08. The number of phenols is 1. The number of benzene rings is 2. The first-order valence-corrected chi connectivity index (χ1v) is 8.35. The van der Waals surface area contributed by atoms with E-state index in [-0.39, 0.29) is 11.3 Å². The summed E-state index contributed by atoms with van der Waals surface area (Å²) in [4.78, 5) is 34.6. The second kappa shape index (κ2) is 8.23. The van der Waals surface area contributed by atoms with Gasteiger partial charge in [0.15, 0.2) is 5.75 Å². The van der Waals surface area contributed by atoms with E-state index in [1.165, 1.54) is 12.3 Å². The van der Waals surface area contributed by atoms with Crippen LogP contribution in [0.2, 0.25) is 0 Å². The number of aromatic hydroxyl groups is 1. The van der Waals surface area contributed by atoms with Gasteiger partial charge in [-0.1, -0.05) is 24.3 Å². The van der Waals surface area contributed by atoms with Crippen molar-refractivity contribution in [2.24, 2.45) is 5.73 Å². The molecule has 29 heavy (non-hydrogen) atoms. The van der Waals surface area contributed by atoms with E-state index in [2.05, 4.69) is 10.9 Å². The third-order valence-electron chi connectivity index (χ3n) is 4.10. The smallest absolute Gasteiger partial charge is 0.311 e. The first-order chi connectivity index (χ1) is 13.9. The van der Waals surface area contributed by atoms with Crippen LogP contribution in [0.25, 0.3) is 11.1 Å². The number of nitrogens with two attached hydrogens (primary N) is 1. The highest BCUT2D eigenvalue weighted by Gasteiger charge is 2.20. The van der Waals surface area contributed by atoms with Gasteiger partial charge in [-0.3, -0.25) is 30.6 Å². The minimum absolute atomic E-state index is 0.0255. The van der Waals surface area contributed by atoms with Crippen LogP contribution in [-0.2, 0) is 6.54 Å². The standard InChI is InChI=1S/C19H16N4O6/c20-10-11-1-3-12(4-2-11)14-7-8-29-17(14)19(26)22-21-18(25)13-5-6-16(24)15(9-13)23(27)28/h1-9,24H,10,20H2,(H,21,25)(H,22,26). The number of hydrazine groups is 1. The fourth-order valence-corrected chi connectivity index (χ4v) is 2.59. The molecule has 0 fully saturated rings. The van der Waals surface area contributed by atoms with Crippen molar-refractivity contribution in [3.8, 4) is 16.9 Å². The first-order valence-electron chi connectivity index (χ1n) is 8.35. The molecule has 0 aliphatic rings. The molecular formula is C19H16N4O6. The van der Waals surface area contributed by atoms with Crippen molar-refractivity contribution in [2.45, 2.75) is 6.54 Å². The Kier molecular flexibility index (Phi) is 5.56. The summed E-state index contributed by atoms with van der Waals surface area (Å²) in [5.41, 5.74) is 11.3. The molecular weight excluding hydrogens is 380 g/mol. The van der Waals surface area contributed by atoms with Gasteiger partial charge in [-0.25, -0.2) is 0 Å². The van der Waals surface area contributed by atoms with Crippen molar-refractivity contribution in [3.05, 3.63) is 81.8 Å². The summed E-state index contributed by atoms with van der Waals surface area (Å²) in [5.74, 6) is -2.12. The number of phenolic OH excluding ortho intramolecular Hbond substituents is 1. The summed E-state index contributed by atoms with van der Waals surface area (Å²) in [6, 6.07) is 11.9. The van der Waals surface area contributed by atoms with Crippen LogP contribution in [0.1, 0.15) is 26.5 Å². The maximum atomic E-state index is 12.4. The molecule has 1 heterocycles. The Hall–Kier alpha value is -4.18. The molecule has 10 heteroatoms. The fraction of sp³-hybridized carbons (Fsp3) is 0.0526. The Labute approximate surface area is 164 Å². The van der Waals surface area contributed by atoms with Gasteiger partial charge in [-0.05, 0) is 29.3 Å². The molecule has 0 aliphatic carbocycles. The number of amides is 2. The molecule has 2 aromatic carbocycles. The Balaban J connectivity index is 1.72. The minimum atomic E-state index is -0.824. The molecule has 0 unspecified atom stereocenters. The van der Waals surface area contributed by atoms with Crippen LogP contribution >= 0.6 is 0 Å². The van der Waals surface area contributed by atoms with E-state index < -0.39 is 28.2 Å². The molecule has 0 aliphatic heterocycles.